The SMILES string of the molecule is CCNC(=O)C[C@@H]1N=C(c2ccc(Cl)cc2)c2cc(OCCCC(=O)OC(C)(C)C)ccc2-n2c(C)nnc21. The number of aliphatic imine (C=N–C) groups is 1. The smallest absolute Gasteiger partial charge is 0.306 e. The first-order valence-corrected chi connectivity index (χ1v) is 13.5. The van der Waals surface area contributed by atoms with E-state index in [2.05, 4.69) is 15.5 Å². The molecule has 0 fully saturated rings. The Morgan fingerprint density at radius 2 is 1.85 bits per heavy atom. The lowest BCUT2D eigenvalue weighted by Crippen LogP contribution is -2.25. The molecular weight excluding hydrogens is 518 g/mol. The minimum atomic E-state index is -0.547. The molecule has 0 bridgehead atoms. The molecule has 1 amide bonds. The maximum atomic E-state index is 12.6. The predicted octanol–water partition coefficient (Wildman–Crippen LogP) is 5.15. The Balaban J connectivity index is 1.68. The lowest BCUT2D eigenvalue weighted by Gasteiger charge is -2.19. The van der Waals surface area contributed by atoms with E-state index < -0.39 is 11.6 Å². The van der Waals surface area contributed by atoms with E-state index in [0.717, 1.165) is 16.8 Å². The van der Waals surface area contributed by atoms with Gasteiger partial charge in [0.1, 0.15) is 23.2 Å². The number of rotatable bonds is 9. The second-order valence-electron chi connectivity index (χ2n) is 10.3. The maximum Gasteiger partial charge on any atom is 0.306 e. The number of aromatic nitrogens is 3. The Hall–Kier alpha value is -3.72. The summed E-state index contributed by atoms with van der Waals surface area (Å²) in [7, 11) is 0. The maximum absolute atomic E-state index is 12.6. The van der Waals surface area contributed by atoms with Crippen LogP contribution in [0.15, 0.2) is 47.5 Å². The first-order valence-electron chi connectivity index (χ1n) is 13.1. The summed E-state index contributed by atoms with van der Waals surface area (Å²) in [5.41, 5.74) is 2.67. The molecule has 1 atom stereocenters. The molecule has 0 spiro atoms. The number of hydrogen-bond donors (Lipinski definition) is 1. The lowest BCUT2D eigenvalue weighted by molar-refractivity contribution is -0.155. The Kier molecular flexibility index (Phi) is 8.70. The molecule has 3 aromatic rings. The van der Waals surface area contributed by atoms with Crippen LogP contribution in [0.2, 0.25) is 5.02 Å². The number of nitrogens with zero attached hydrogens (tertiary/aromatic N) is 4. The minimum absolute atomic E-state index is 0.117. The fraction of sp³-hybridized carbons (Fsp3) is 0.414. The molecule has 10 heteroatoms. The van der Waals surface area contributed by atoms with Gasteiger partial charge in [0.15, 0.2) is 5.82 Å². The number of carbonyl (C=O) groups excluding carboxylic acids is 2. The van der Waals surface area contributed by atoms with E-state index in [1.165, 1.54) is 0 Å². The fourth-order valence-electron chi connectivity index (χ4n) is 4.38. The van der Waals surface area contributed by atoms with Crippen LogP contribution in [0, 0.1) is 6.92 Å². The normalized spacial score (nSPS) is 14.5. The van der Waals surface area contributed by atoms with Crippen LogP contribution in [0.25, 0.3) is 5.69 Å². The average Bonchev–Trinajstić information content (AvgIpc) is 3.19. The fourth-order valence-corrected chi connectivity index (χ4v) is 4.51. The topological polar surface area (TPSA) is 108 Å². The highest BCUT2D eigenvalue weighted by molar-refractivity contribution is 6.30. The number of hydrogen-bond acceptors (Lipinski definition) is 7. The summed E-state index contributed by atoms with van der Waals surface area (Å²) >= 11 is 6.18. The Morgan fingerprint density at radius 3 is 2.54 bits per heavy atom. The number of fused-ring (bicyclic) bond motifs is 3. The van der Waals surface area contributed by atoms with Crippen molar-refractivity contribution in [2.24, 2.45) is 4.99 Å². The van der Waals surface area contributed by atoms with E-state index in [1.54, 1.807) is 0 Å². The van der Waals surface area contributed by atoms with Gasteiger partial charge in [-0.15, -0.1) is 10.2 Å². The van der Waals surface area contributed by atoms with Crippen LogP contribution in [-0.4, -0.2) is 51.1 Å². The molecule has 0 saturated carbocycles. The molecule has 39 heavy (non-hydrogen) atoms. The van der Waals surface area contributed by atoms with Crippen molar-refractivity contribution in [1.82, 2.24) is 20.1 Å². The van der Waals surface area contributed by atoms with Gasteiger partial charge < -0.3 is 14.8 Å². The summed E-state index contributed by atoms with van der Waals surface area (Å²) in [6.07, 6.45) is 0.920. The van der Waals surface area contributed by atoms with Crippen LogP contribution in [0.5, 0.6) is 5.75 Å². The van der Waals surface area contributed by atoms with Crippen molar-refractivity contribution in [3.63, 3.8) is 0 Å². The van der Waals surface area contributed by atoms with Crippen LogP contribution in [0.1, 0.15) is 75.8 Å². The van der Waals surface area contributed by atoms with Gasteiger partial charge in [0.25, 0.3) is 0 Å². The number of benzene rings is 2. The lowest BCUT2D eigenvalue weighted by atomic mass is 10.00. The van der Waals surface area contributed by atoms with Crippen molar-refractivity contribution in [3.05, 3.63) is 70.3 Å². The third kappa shape index (κ3) is 7.03. The van der Waals surface area contributed by atoms with Crippen LogP contribution in [0.3, 0.4) is 0 Å². The van der Waals surface area contributed by atoms with Crippen molar-refractivity contribution in [2.75, 3.05) is 13.2 Å². The predicted molar refractivity (Wildman–Crippen MR) is 150 cm³/mol. The quantitative estimate of drug-likeness (QED) is 0.291. The first-order chi connectivity index (χ1) is 18.6. The molecule has 0 saturated heterocycles. The average molecular weight is 552 g/mol. The van der Waals surface area contributed by atoms with Crippen LogP contribution >= 0.6 is 11.6 Å². The summed E-state index contributed by atoms with van der Waals surface area (Å²) in [5.74, 6) is 1.54. The summed E-state index contributed by atoms with van der Waals surface area (Å²) < 4.78 is 13.4. The molecule has 4 rings (SSSR count). The van der Waals surface area contributed by atoms with Gasteiger partial charge in [0.2, 0.25) is 5.91 Å². The molecule has 9 nitrogen and oxygen atoms in total. The molecule has 0 radical (unpaired) electrons. The molecule has 1 N–H and O–H groups in total. The zero-order chi connectivity index (χ0) is 28.2. The highest BCUT2D eigenvalue weighted by atomic mass is 35.5. The van der Waals surface area contributed by atoms with E-state index in [9.17, 15) is 9.59 Å². The van der Waals surface area contributed by atoms with E-state index in [1.807, 2.05) is 81.7 Å². The Morgan fingerprint density at radius 1 is 1.10 bits per heavy atom. The van der Waals surface area contributed by atoms with E-state index >= 15 is 0 Å². The number of carbonyl (C=O) groups is 2. The molecule has 2 heterocycles. The first kappa shape index (κ1) is 28.3. The Labute approximate surface area is 233 Å². The molecule has 0 aliphatic carbocycles. The third-order valence-corrected chi connectivity index (χ3v) is 6.23. The van der Waals surface area contributed by atoms with Gasteiger partial charge in [0.05, 0.1) is 24.4 Å². The van der Waals surface area contributed by atoms with Crippen molar-refractivity contribution < 1.29 is 19.1 Å². The highest BCUT2D eigenvalue weighted by Crippen LogP contribution is 2.34. The molecule has 1 aliphatic rings. The Bertz CT molecular complexity index is 1380. The summed E-state index contributed by atoms with van der Waals surface area (Å²) in [6.45, 7) is 10.2. The molecule has 0 unspecified atom stereocenters. The van der Waals surface area contributed by atoms with Crippen molar-refractivity contribution in [1.29, 1.82) is 0 Å². The molecule has 2 aromatic carbocycles. The third-order valence-electron chi connectivity index (χ3n) is 5.98. The zero-order valence-corrected chi connectivity index (χ0v) is 23.7. The van der Waals surface area contributed by atoms with Gasteiger partial charge in [-0.05, 0) is 71.4 Å². The standard InChI is InChI=1S/C29H34ClN5O4/c1-6-31-25(36)17-23-28-34-33-18(2)35(28)24-14-13-21(38-15-7-8-26(37)39-29(3,4)5)16-22(24)27(32-23)19-9-11-20(30)12-10-19/h9-14,16,23H,6-8,15,17H2,1-5H3,(H,31,36)/t23-/m0/s1. The van der Waals surface area contributed by atoms with Gasteiger partial charge >= 0.3 is 5.97 Å². The molecule has 1 aromatic heterocycles. The second-order valence-corrected chi connectivity index (χ2v) is 10.8. The van der Waals surface area contributed by atoms with Gasteiger partial charge in [-0.3, -0.25) is 19.1 Å². The van der Waals surface area contributed by atoms with Crippen LogP contribution in [0.4, 0.5) is 0 Å². The number of nitrogens with one attached hydrogen (secondary N) is 1. The van der Waals surface area contributed by atoms with Crippen molar-refractivity contribution in [3.8, 4) is 11.4 Å². The van der Waals surface area contributed by atoms with Gasteiger partial charge in [0, 0.05) is 29.1 Å². The molecule has 206 valence electrons. The zero-order valence-electron chi connectivity index (χ0n) is 23.0. The summed E-state index contributed by atoms with van der Waals surface area (Å²) in [4.78, 5) is 29.7. The second kappa shape index (κ2) is 12.0. The van der Waals surface area contributed by atoms with Gasteiger partial charge in [-0.25, -0.2) is 0 Å². The van der Waals surface area contributed by atoms with Crippen LogP contribution in [-0.2, 0) is 14.3 Å². The monoisotopic (exact) mass is 551 g/mol. The van der Waals surface area contributed by atoms with Crippen LogP contribution < -0.4 is 10.1 Å². The number of esters is 1. The largest absolute Gasteiger partial charge is 0.494 e. The summed E-state index contributed by atoms with van der Waals surface area (Å²) in [5, 5.41) is 12.2. The van der Waals surface area contributed by atoms with Crippen molar-refractivity contribution >= 4 is 29.2 Å². The number of ether oxygens (including phenoxy) is 2. The number of aryl methyl sites for hydroxylation is 1. The number of amides is 1. The van der Waals surface area contributed by atoms with Gasteiger partial charge in [-0.2, -0.15) is 0 Å². The molecular formula is C29H34ClN5O4. The minimum Gasteiger partial charge on any atom is -0.494 e. The summed E-state index contributed by atoms with van der Waals surface area (Å²) in [6, 6.07) is 12.6. The van der Waals surface area contributed by atoms with Crippen molar-refractivity contribution in [2.45, 2.75) is 65.5 Å². The van der Waals surface area contributed by atoms with E-state index in [-0.39, 0.29) is 24.7 Å². The highest BCUT2D eigenvalue weighted by Gasteiger charge is 2.30. The molecule has 1 aliphatic heterocycles. The van der Waals surface area contributed by atoms with E-state index in [4.69, 9.17) is 26.1 Å². The van der Waals surface area contributed by atoms with E-state index in [0.29, 0.717) is 47.7 Å². The van der Waals surface area contributed by atoms with Gasteiger partial charge in [-0.1, -0.05) is 23.7 Å². The number of halogens is 1.